The highest BCUT2D eigenvalue weighted by atomic mass is 32.2. The van der Waals surface area contributed by atoms with Crippen molar-refractivity contribution >= 4 is 15.9 Å². The Balaban J connectivity index is 2.07. The van der Waals surface area contributed by atoms with E-state index in [2.05, 4.69) is 11.9 Å². The second-order valence-corrected chi connectivity index (χ2v) is 7.91. The Morgan fingerprint density at radius 2 is 2.11 bits per heavy atom. The molecule has 2 fully saturated rings. The Morgan fingerprint density at radius 3 is 2.68 bits per heavy atom. The first kappa shape index (κ1) is 14.4. The summed E-state index contributed by atoms with van der Waals surface area (Å²) in [7, 11) is -3.01. The number of nitrogens with one attached hydrogen (secondary N) is 1. The van der Waals surface area contributed by atoms with Crippen LogP contribution in [0.4, 0.5) is 4.79 Å². The molecule has 2 rings (SSSR count). The van der Waals surface area contributed by atoms with E-state index in [1.54, 1.807) is 4.90 Å². The van der Waals surface area contributed by atoms with Crippen LogP contribution in [0.15, 0.2) is 12.2 Å². The van der Waals surface area contributed by atoms with Crippen LogP contribution in [0.2, 0.25) is 0 Å². The van der Waals surface area contributed by atoms with Gasteiger partial charge in [0.1, 0.15) is 0 Å². The van der Waals surface area contributed by atoms with Crippen molar-refractivity contribution in [1.29, 1.82) is 0 Å². The van der Waals surface area contributed by atoms with Crippen molar-refractivity contribution in [3.8, 4) is 0 Å². The zero-order chi connectivity index (χ0) is 14.0. The number of hydrogen-bond acceptors (Lipinski definition) is 3. The summed E-state index contributed by atoms with van der Waals surface area (Å²) in [5, 5.41) is 2.81. The lowest BCUT2D eigenvalue weighted by molar-refractivity contribution is 0.175. The standard InChI is InChI=1S/C13H22N2O3S/c1-10(2)8-14-13(16)15-6-3-7-19(17,18)9-12(15)11-4-5-11/h11-12H,1,3-9H2,2H3,(H,14,16). The molecule has 0 spiro atoms. The van der Waals surface area contributed by atoms with Gasteiger partial charge in [-0.05, 0) is 32.1 Å². The predicted molar refractivity (Wildman–Crippen MR) is 74.7 cm³/mol. The summed E-state index contributed by atoms with van der Waals surface area (Å²) in [6.45, 7) is 6.58. The number of nitrogens with zero attached hydrogens (tertiary/aromatic N) is 1. The van der Waals surface area contributed by atoms with E-state index in [0.717, 1.165) is 18.4 Å². The highest BCUT2D eigenvalue weighted by molar-refractivity contribution is 7.91. The molecule has 1 heterocycles. The Kier molecular flexibility index (Phi) is 4.18. The molecule has 0 aromatic heterocycles. The van der Waals surface area contributed by atoms with E-state index in [1.807, 2.05) is 6.92 Å². The van der Waals surface area contributed by atoms with Crippen molar-refractivity contribution in [2.75, 3.05) is 24.6 Å². The van der Waals surface area contributed by atoms with E-state index < -0.39 is 9.84 Å². The topological polar surface area (TPSA) is 66.5 Å². The number of hydrogen-bond donors (Lipinski definition) is 1. The van der Waals surface area contributed by atoms with E-state index in [0.29, 0.717) is 25.4 Å². The predicted octanol–water partition coefficient (Wildman–Crippen LogP) is 1.17. The van der Waals surface area contributed by atoms with Crippen molar-refractivity contribution < 1.29 is 13.2 Å². The van der Waals surface area contributed by atoms with Crippen LogP contribution in [0, 0.1) is 5.92 Å². The molecule has 5 nitrogen and oxygen atoms in total. The van der Waals surface area contributed by atoms with Crippen molar-refractivity contribution in [2.24, 2.45) is 5.92 Å². The largest absolute Gasteiger partial charge is 0.334 e. The first-order valence-electron chi connectivity index (χ1n) is 6.78. The molecule has 6 heteroatoms. The normalized spacial score (nSPS) is 26.6. The van der Waals surface area contributed by atoms with Gasteiger partial charge in [0.15, 0.2) is 9.84 Å². The fourth-order valence-electron chi connectivity index (χ4n) is 2.51. The van der Waals surface area contributed by atoms with Crippen LogP contribution in [0.25, 0.3) is 0 Å². The van der Waals surface area contributed by atoms with Gasteiger partial charge in [-0.1, -0.05) is 12.2 Å². The molecular weight excluding hydrogens is 264 g/mol. The van der Waals surface area contributed by atoms with Crippen molar-refractivity contribution in [2.45, 2.75) is 32.2 Å². The lowest BCUT2D eigenvalue weighted by Gasteiger charge is -2.29. The van der Waals surface area contributed by atoms with Gasteiger partial charge in [-0.2, -0.15) is 0 Å². The smallest absolute Gasteiger partial charge is 0.317 e. The molecule has 19 heavy (non-hydrogen) atoms. The molecule has 1 unspecified atom stereocenters. The molecular formula is C13H22N2O3S. The molecule has 108 valence electrons. The molecule has 0 aromatic carbocycles. The molecule has 1 saturated heterocycles. The van der Waals surface area contributed by atoms with Gasteiger partial charge < -0.3 is 10.2 Å². The molecule has 1 N–H and O–H groups in total. The lowest BCUT2D eigenvalue weighted by atomic mass is 10.2. The average Bonchev–Trinajstić information content (AvgIpc) is 3.12. The first-order chi connectivity index (χ1) is 8.89. The Labute approximate surface area is 115 Å². The van der Waals surface area contributed by atoms with Crippen LogP contribution in [0.5, 0.6) is 0 Å². The summed E-state index contributed by atoms with van der Waals surface area (Å²) < 4.78 is 23.7. The number of urea groups is 1. The summed E-state index contributed by atoms with van der Waals surface area (Å²) in [6, 6.07) is -0.297. The summed E-state index contributed by atoms with van der Waals surface area (Å²) in [6.07, 6.45) is 2.60. The summed E-state index contributed by atoms with van der Waals surface area (Å²) >= 11 is 0. The number of carbonyl (C=O) groups is 1. The fraction of sp³-hybridized carbons (Fsp3) is 0.769. The van der Waals surface area contributed by atoms with Gasteiger partial charge in [-0.3, -0.25) is 0 Å². The number of carbonyl (C=O) groups excluding carboxylic acids is 1. The molecule has 2 amide bonds. The second-order valence-electron chi connectivity index (χ2n) is 5.68. The van der Waals surface area contributed by atoms with Gasteiger partial charge >= 0.3 is 6.03 Å². The summed E-state index contributed by atoms with van der Waals surface area (Å²) in [4.78, 5) is 13.9. The first-order valence-corrected chi connectivity index (χ1v) is 8.60. The van der Waals surface area contributed by atoms with Gasteiger partial charge in [0.05, 0.1) is 17.5 Å². The van der Waals surface area contributed by atoms with E-state index >= 15 is 0 Å². The maximum absolute atomic E-state index is 12.2. The van der Waals surface area contributed by atoms with Gasteiger partial charge in [0.2, 0.25) is 0 Å². The van der Waals surface area contributed by atoms with Crippen LogP contribution < -0.4 is 5.32 Å². The molecule has 1 aliphatic heterocycles. The van der Waals surface area contributed by atoms with Crippen LogP contribution in [-0.4, -0.2) is 50.0 Å². The molecule has 1 saturated carbocycles. The minimum absolute atomic E-state index is 0.123. The molecule has 0 bridgehead atoms. The number of rotatable bonds is 3. The summed E-state index contributed by atoms with van der Waals surface area (Å²) in [5.74, 6) is 0.682. The van der Waals surface area contributed by atoms with E-state index in [-0.39, 0.29) is 23.6 Å². The molecule has 1 atom stereocenters. The molecule has 0 radical (unpaired) electrons. The van der Waals surface area contributed by atoms with Crippen LogP contribution in [-0.2, 0) is 9.84 Å². The third-order valence-electron chi connectivity index (χ3n) is 3.65. The molecule has 0 aromatic rings. The average molecular weight is 286 g/mol. The Bertz CT molecular complexity index is 468. The van der Waals surface area contributed by atoms with E-state index in [1.165, 1.54) is 0 Å². The maximum Gasteiger partial charge on any atom is 0.317 e. The van der Waals surface area contributed by atoms with Gasteiger partial charge in [-0.15, -0.1) is 0 Å². The maximum atomic E-state index is 12.2. The number of amides is 2. The molecule has 1 aliphatic carbocycles. The minimum Gasteiger partial charge on any atom is -0.334 e. The summed E-state index contributed by atoms with van der Waals surface area (Å²) in [5.41, 5.74) is 0.888. The van der Waals surface area contributed by atoms with Gasteiger partial charge in [0, 0.05) is 13.1 Å². The number of sulfone groups is 1. The van der Waals surface area contributed by atoms with Crippen LogP contribution in [0.1, 0.15) is 26.2 Å². The Morgan fingerprint density at radius 1 is 1.42 bits per heavy atom. The Hall–Kier alpha value is -1.04. The third-order valence-corrected chi connectivity index (χ3v) is 5.41. The lowest BCUT2D eigenvalue weighted by Crippen LogP contribution is -2.49. The van der Waals surface area contributed by atoms with Gasteiger partial charge in [-0.25, -0.2) is 13.2 Å². The van der Waals surface area contributed by atoms with E-state index in [9.17, 15) is 13.2 Å². The highest BCUT2D eigenvalue weighted by Gasteiger charge is 2.41. The minimum atomic E-state index is -3.01. The van der Waals surface area contributed by atoms with Crippen molar-refractivity contribution in [3.63, 3.8) is 0 Å². The quantitative estimate of drug-likeness (QED) is 0.792. The van der Waals surface area contributed by atoms with Crippen molar-refractivity contribution in [3.05, 3.63) is 12.2 Å². The third kappa shape index (κ3) is 3.96. The zero-order valence-corrected chi connectivity index (χ0v) is 12.2. The molecule has 2 aliphatic rings. The zero-order valence-electron chi connectivity index (χ0n) is 11.4. The van der Waals surface area contributed by atoms with Crippen molar-refractivity contribution in [1.82, 2.24) is 10.2 Å². The second kappa shape index (κ2) is 5.53. The fourth-order valence-corrected chi connectivity index (χ4v) is 4.21. The van der Waals surface area contributed by atoms with Crippen LogP contribution in [0.3, 0.4) is 0 Å². The SMILES string of the molecule is C=C(C)CNC(=O)N1CCCS(=O)(=O)CC1C1CC1. The van der Waals surface area contributed by atoms with E-state index in [4.69, 9.17) is 0 Å². The van der Waals surface area contributed by atoms with Crippen LogP contribution >= 0.6 is 0 Å². The van der Waals surface area contributed by atoms with Gasteiger partial charge in [0.25, 0.3) is 0 Å². The highest BCUT2D eigenvalue weighted by Crippen LogP contribution is 2.37. The monoisotopic (exact) mass is 286 g/mol.